The second-order valence-corrected chi connectivity index (χ2v) is 11.4. The van der Waals surface area contributed by atoms with Gasteiger partial charge >= 0.3 is 0 Å². The standard InChI is InChI=1S/C29H43NO/c1-19(2)28(5,6)23-13-9-21(10-14-23)27(26-17-25(31)18-30-26)22-11-15-24(16-12-22)29(7,8)20(3)4/h9-16,19-20,25-27,30-31H,17-18H2,1-8H3/t25-,26?/m1/s1. The third-order valence-electron chi connectivity index (χ3n) is 8.46. The fraction of sp³-hybridized carbons (Fsp3) is 0.586. The topological polar surface area (TPSA) is 32.3 Å². The maximum atomic E-state index is 10.2. The maximum Gasteiger partial charge on any atom is 0.0679 e. The van der Waals surface area contributed by atoms with E-state index in [4.69, 9.17) is 0 Å². The first-order chi connectivity index (χ1) is 14.4. The molecule has 31 heavy (non-hydrogen) atoms. The summed E-state index contributed by atoms with van der Waals surface area (Å²) in [6.45, 7) is 19.2. The molecule has 1 heterocycles. The van der Waals surface area contributed by atoms with Crippen LogP contribution >= 0.6 is 0 Å². The van der Waals surface area contributed by atoms with Gasteiger partial charge in [-0.25, -0.2) is 0 Å². The van der Waals surface area contributed by atoms with Crippen LogP contribution in [0.25, 0.3) is 0 Å². The first kappa shape index (κ1) is 24.0. The molecule has 170 valence electrons. The van der Waals surface area contributed by atoms with Gasteiger partial charge in [-0.05, 0) is 51.3 Å². The van der Waals surface area contributed by atoms with Gasteiger partial charge in [-0.3, -0.25) is 0 Å². The van der Waals surface area contributed by atoms with E-state index >= 15 is 0 Å². The molecule has 0 radical (unpaired) electrons. The molecule has 2 heteroatoms. The van der Waals surface area contributed by atoms with Gasteiger partial charge in [0.05, 0.1) is 6.10 Å². The minimum absolute atomic E-state index is 0.153. The van der Waals surface area contributed by atoms with Crippen molar-refractivity contribution in [3.63, 3.8) is 0 Å². The summed E-state index contributed by atoms with van der Waals surface area (Å²) in [6.07, 6.45) is 0.536. The van der Waals surface area contributed by atoms with Gasteiger partial charge in [-0.1, -0.05) is 104 Å². The van der Waals surface area contributed by atoms with E-state index in [0.717, 1.165) is 6.42 Å². The Morgan fingerprint density at radius 1 is 0.742 bits per heavy atom. The van der Waals surface area contributed by atoms with E-state index < -0.39 is 0 Å². The summed E-state index contributed by atoms with van der Waals surface area (Å²) in [6, 6.07) is 18.7. The van der Waals surface area contributed by atoms with Crippen molar-refractivity contribution in [3.8, 4) is 0 Å². The fourth-order valence-electron chi connectivity index (χ4n) is 4.56. The molecule has 2 aromatic carbocycles. The lowest BCUT2D eigenvalue weighted by Gasteiger charge is -2.32. The van der Waals surface area contributed by atoms with E-state index in [-0.39, 0.29) is 28.9 Å². The van der Waals surface area contributed by atoms with Crippen LogP contribution in [0.4, 0.5) is 0 Å². The number of β-amino-alcohol motifs (C(OH)–C–C–N with tert-alkyl or cyclic N) is 1. The van der Waals surface area contributed by atoms with Crippen molar-refractivity contribution in [3.05, 3.63) is 70.8 Å². The molecule has 3 rings (SSSR count). The van der Waals surface area contributed by atoms with Crippen molar-refractivity contribution in [2.24, 2.45) is 11.8 Å². The molecule has 1 aliphatic heterocycles. The molecule has 1 unspecified atom stereocenters. The van der Waals surface area contributed by atoms with E-state index in [0.29, 0.717) is 18.4 Å². The molecule has 2 nitrogen and oxygen atoms in total. The number of nitrogens with one attached hydrogen (secondary N) is 1. The van der Waals surface area contributed by atoms with Crippen LogP contribution in [0.1, 0.15) is 90.0 Å². The highest BCUT2D eigenvalue weighted by Gasteiger charge is 2.33. The van der Waals surface area contributed by atoms with Crippen LogP contribution in [0.2, 0.25) is 0 Å². The zero-order valence-corrected chi connectivity index (χ0v) is 20.9. The average molecular weight is 422 g/mol. The highest BCUT2D eigenvalue weighted by molar-refractivity contribution is 5.40. The minimum Gasteiger partial charge on any atom is -0.392 e. The van der Waals surface area contributed by atoms with Crippen molar-refractivity contribution in [1.29, 1.82) is 0 Å². The van der Waals surface area contributed by atoms with Crippen molar-refractivity contribution < 1.29 is 5.11 Å². The number of benzene rings is 2. The number of rotatable bonds is 7. The lowest BCUT2D eigenvalue weighted by Crippen LogP contribution is -2.30. The molecule has 0 spiro atoms. The van der Waals surface area contributed by atoms with Crippen LogP contribution < -0.4 is 5.32 Å². The van der Waals surface area contributed by atoms with Crippen LogP contribution in [-0.2, 0) is 10.8 Å². The Morgan fingerprint density at radius 2 is 1.13 bits per heavy atom. The molecule has 0 aromatic heterocycles. The van der Waals surface area contributed by atoms with E-state index in [1.165, 1.54) is 22.3 Å². The Bertz CT molecular complexity index is 782. The fourth-order valence-corrected chi connectivity index (χ4v) is 4.56. The van der Waals surface area contributed by atoms with E-state index in [9.17, 15) is 5.11 Å². The monoisotopic (exact) mass is 421 g/mol. The molecule has 1 aliphatic rings. The number of aliphatic hydroxyl groups is 1. The normalized spacial score (nSPS) is 20.3. The minimum atomic E-state index is -0.259. The highest BCUT2D eigenvalue weighted by Crippen LogP contribution is 2.37. The quantitative estimate of drug-likeness (QED) is 0.541. The molecule has 0 amide bonds. The first-order valence-corrected chi connectivity index (χ1v) is 12.1. The van der Waals surface area contributed by atoms with Crippen LogP contribution in [0.3, 0.4) is 0 Å². The summed E-state index contributed by atoms with van der Waals surface area (Å²) in [5.41, 5.74) is 5.73. The van der Waals surface area contributed by atoms with Gasteiger partial charge in [-0.15, -0.1) is 0 Å². The molecule has 2 aromatic rings. The van der Waals surface area contributed by atoms with E-state index in [1.807, 2.05) is 0 Å². The zero-order valence-electron chi connectivity index (χ0n) is 20.9. The number of hydrogen-bond donors (Lipinski definition) is 2. The molecular weight excluding hydrogens is 378 g/mol. The van der Waals surface area contributed by atoms with E-state index in [1.54, 1.807) is 0 Å². The van der Waals surface area contributed by atoms with Crippen LogP contribution in [0.5, 0.6) is 0 Å². The molecule has 1 fully saturated rings. The molecule has 2 N–H and O–H groups in total. The van der Waals surface area contributed by atoms with Crippen molar-refractivity contribution >= 4 is 0 Å². The van der Waals surface area contributed by atoms with Gasteiger partial charge in [0.1, 0.15) is 0 Å². The van der Waals surface area contributed by atoms with Gasteiger partial charge in [0.15, 0.2) is 0 Å². The predicted molar refractivity (Wildman–Crippen MR) is 133 cm³/mol. The van der Waals surface area contributed by atoms with Gasteiger partial charge in [0, 0.05) is 18.5 Å². The van der Waals surface area contributed by atoms with Crippen molar-refractivity contribution in [2.45, 2.75) is 90.7 Å². The van der Waals surface area contributed by atoms with E-state index in [2.05, 4.69) is 109 Å². The summed E-state index contributed by atoms with van der Waals surface area (Å²) in [5, 5.41) is 13.8. The zero-order chi connectivity index (χ0) is 23.0. The second-order valence-electron chi connectivity index (χ2n) is 11.4. The molecule has 0 saturated carbocycles. The summed E-state index contributed by atoms with van der Waals surface area (Å²) in [4.78, 5) is 0. The van der Waals surface area contributed by atoms with Gasteiger partial charge in [0.25, 0.3) is 0 Å². The largest absolute Gasteiger partial charge is 0.392 e. The van der Waals surface area contributed by atoms with Crippen LogP contribution in [0.15, 0.2) is 48.5 Å². The Hall–Kier alpha value is -1.64. The van der Waals surface area contributed by atoms with Gasteiger partial charge in [-0.2, -0.15) is 0 Å². The number of hydrogen-bond acceptors (Lipinski definition) is 2. The van der Waals surface area contributed by atoms with Crippen molar-refractivity contribution in [1.82, 2.24) is 5.32 Å². The lowest BCUT2D eigenvalue weighted by molar-refractivity contribution is 0.192. The average Bonchev–Trinajstić information content (AvgIpc) is 3.14. The molecule has 0 bridgehead atoms. The third-order valence-corrected chi connectivity index (χ3v) is 8.46. The summed E-state index contributed by atoms with van der Waals surface area (Å²) >= 11 is 0. The SMILES string of the molecule is CC(C)C(C)(C)c1ccc(C(c2ccc(C(C)(C)C(C)C)cc2)C2C[C@@H](O)CN2)cc1. The maximum absolute atomic E-state index is 10.2. The second kappa shape index (κ2) is 9.08. The Labute approximate surface area is 190 Å². The smallest absolute Gasteiger partial charge is 0.0679 e. The van der Waals surface area contributed by atoms with Crippen LogP contribution in [-0.4, -0.2) is 23.8 Å². The van der Waals surface area contributed by atoms with Gasteiger partial charge < -0.3 is 10.4 Å². The molecular formula is C29H43NO. The molecule has 0 aliphatic carbocycles. The Kier molecular flexibility index (Phi) is 7.03. The molecule has 1 saturated heterocycles. The third kappa shape index (κ3) is 4.91. The number of aliphatic hydroxyl groups excluding tert-OH is 1. The predicted octanol–water partition coefficient (Wildman–Crippen LogP) is 6.41. The summed E-state index contributed by atoms with van der Waals surface area (Å²) in [7, 11) is 0. The molecule has 2 atom stereocenters. The summed E-state index contributed by atoms with van der Waals surface area (Å²) < 4.78 is 0. The first-order valence-electron chi connectivity index (χ1n) is 12.1. The Balaban J connectivity index is 1.96. The van der Waals surface area contributed by atoms with Crippen molar-refractivity contribution in [2.75, 3.05) is 6.54 Å². The van der Waals surface area contributed by atoms with Crippen LogP contribution in [0, 0.1) is 11.8 Å². The Morgan fingerprint density at radius 3 is 1.42 bits per heavy atom. The lowest BCUT2D eigenvalue weighted by atomic mass is 9.73. The summed E-state index contributed by atoms with van der Waals surface area (Å²) in [5.74, 6) is 1.40. The van der Waals surface area contributed by atoms with Gasteiger partial charge in [0.2, 0.25) is 0 Å². The highest BCUT2D eigenvalue weighted by atomic mass is 16.3.